The fraction of sp³-hybridized carbons (Fsp3) is 0.143. The molecule has 0 aliphatic heterocycles. The molecule has 0 unspecified atom stereocenters. The average molecular weight is 534 g/mol. The van der Waals surface area contributed by atoms with E-state index in [0.29, 0.717) is 28.1 Å². The zero-order valence-electron chi connectivity index (χ0n) is 21.6. The van der Waals surface area contributed by atoms with Crippen molar-refractivity contribution >= 4 is 45.5 Å². The quantitative estimate of drug-likeness (QED) is 0.194. The minimum atomic E-state index is -1.17. The number of aromatic nitrogens is 2. The minimum absolute atomic E-state index is 0.214. The highest BCUT2D eigenvalue weighted by molar-refractivity contribution is 6.13. The summed E-state index contributed by atoms with van der Waals surface area (Å²) in [5.74, 6) is -3.96. The van der Waals surface area contributed by atoms with E-state index < -0.39 is 23.0 Å². The molecular weight excluding hydrogens is 508 g/mol. The number of amides is 1. The molecule has 4 rings (SSSR count). The summed E-state index contributed by atoms with van der Waals surface area (Å²) in [6.45, 7) is 5.35. The summed E-state index contributed by atoms with van der Waals surface area (Å²) in [6, 6.07) is 9.75. The summed E-state index contributed by atoms with van der Waals surface area (Å²) in [5, 5.41) is 9.40. The van der Waals surface area contributed by atoms with Crippen LogP contribution >= 0.6 is 0 Å². The maximum atomic E-state index is 15.0. The van der Waals surface area contributed by atoms with E-state index in [-0.39, 0.29) is 28.8 Å². The van der Waals surface area contributed by atoms with Gasteiger partial charge < -0.3 is 25.4 Å². The first-order chi connectivity index (χ1) is 18.7. The molecule has 1 amide bonds. The van der Waals surface area contributed by atoms with E-state index in [9.17, 15) is 9.59 Å². The summed E-state index contributed by atoms with van der Waals surface area (Å²) in [6.07, 6.45) is 2.59. The van der Waals surface area contributed by atoms with E-state index in [2.05, 4.69) is 32.5 Å². The molecule has 0 fully saturated rings. The number of rotatable bonds is 9. The first kappa shape index (κ1) is 27.0. The molecule has 0 bridgehead atoms. The number of methoxy groups -OCH3 is 2. The number of nitrogens with one attached hydrogen (secondary N) is 3. The number of aryl methyl sites for hydroxylation is 1. The zero-order chi connectivity index (χ0) is 28.3. The van der Waals surface area contributed by atoms with Gasteiger partial charge >= 0.3 is 0 Å². The van der Waals surface area contributed by atoms with Crippen LogP contribution in [-0.2, 0) is 4.79 Å². The lowest BCUT2D eigenvalue weighted by Crippen LogP contribution is -2.14. The zero-order valence-corrected chi connectivity index (χ0v) is 21.6. The average Bonchev–Trinajstić information content (AvgIpc) is 2.94. The fourth-order valence-corrected chi connectivity index (χ4v) is 3.96. The second-order valence-electron chi connectivity index (χ2n) is 8.33. The summed E-state index contributed by atoms with van der Waals surface area (Å²) in [4.78, 5) is 34.0. The third-order valence-corrected chi connectivity index (χ3v) is 5.96. The molecule has 11 heteroatoms. The van der Waals surface area contributed by atoms with Crippen molar-refractivity contribution in [1.29, 1.82) is 0 Å². The van der Waals surface area contributed by atoms with Gasteiger partial charge in [-0.25, -0.2) is 18.7 Å². The molecule has 2 aromatic heterocycles. The Morgan fingerprint density at radius 3 is 2.33 bits per heavy atom. The summed E-state index contributed by atoms with van der Waals surface area (Å²) in [7, 11) is 3.95. The number of ketones is 1. The number of hydrogen-bond donors (Lipinski definition) is 3. The number of nitrogens with zero attached hydrogens (tertiary/aromatic N) is 2. The van der Waals surface area contributed by atoms with Crippen molar-refractivity contribution in [3.8, 4) is 11.5 Å². The molecule has 2 aromatic carbocycles. The summed E-state index contributed by atoms with van der Waals surface area (Å²) < 4.78 is 39.9. The summed E-state index contributed by atoms with van der Waals surface area (Å²) in [5.41, 5.74) is 1.50. The van der Waals surface area contributed by atoms with Gasteiger partial charge in [0.25, 0.3) is 0 Å². The third-order valence-electron chi connectivity index (χ3n) is 5.96. The van der Waals surface area contributed by atoms with Crippen molar-refractivity contribution in [2.24, 2.45) is 0 Å². The molecule has 0 saturated carbocycles. The van der Waals surface area contributed by atoms with E-state index in [0.717, 1.165) is 11.6 Å². The Morgan fingerprint density at radius 2 is 1.72 bits per heavy atom. The van der Waals surface area contributed by atoms with Gasteiger partial charge in [-0.15, -0.1) is 0 Å². The van der Waals surface area contributed by atoms with E-state index >= 15 is 8.78 Å². The number of para-hydroxylation sites is 1. The molecule has 0 spiro atoms. The summed E-state index contributed by atoms with van der Waals surface area (Å²) >= 11 is 0. The third kappa shape index (κ3) is 5.19. The lowest BCUT2D eigenvalue weighted by Gasteiger charge is -2.16. The number of hydrogen-bond acceptors (Lipinski definition) is 8. The van der Waals surface area contributed by atoms with Crippen molar-refractivity contribution in [3.05, 3.63) is 83.7 Å². The Labute approximate surface area is 222 Å². The van der Waals surface area contributed by atoms with E-state index in [1.54, 1.807) is 31.3 Å². The van der Waals surface area contributed by atoms with Crippen LogP contribution in [0.3, 0.4) is 0 Å². The molecule has 0 aliphatic carbocycles. The monoisotopic (exact) mass is 533 g/mol. The molecule has 0 saturated heterocycles. The lowest BCUT2D eigenvalue weighted by atomic mass is 10.0. The highest BCUT2D eigenvalue weighted by Gasteiger charge is 2.29. The van der Waals surface area contributed by atoms with Crippen LogP contribution in [0.4, 0.5) is 31.7 Å². The van der Waals surface area contributed by atoms with Crippen LogP contribution in [0.25, 0.3) is 10.9 Å². The molecule has 0 aliphatic rings. The van der Waals surface area contributed by atoms with Crippen molar-refractivity contribution in [3.63, 3.8) is 0 Å². The highest BCUT2D eigenvalue weighted by Crippen LogP contribution is 2.35. The number of pyridine rings is 2. The first-order valence-electron chi connectivity index (χ1n) is 11.7. The van der Waals surface area contributed by atoms with Crippen LogP contribution in [0.15, 0.2) is 55.3 Å². The number of fused-ring (bicyclic) bond motifs is 1. The van der Waals surface area contributed by atoms with Gasteiger partial charge in [0.1, 0.15) is 17.1 Å². The molecule has 0 atom stereocenters. The standard InChI is InChI=1S/C28H25F2N5O4/c1-6-22(36)33-16-9-7-8-14(2)26(16)35-21-11-15-10-17(31-3)27(34-18(15)13-32-21)28(37)23-24(29)19(38-4)12-20(39-5)25(23)30/h6-13,31H,1H2,2-5H3,(H,32,35)(H,33,36). The van der Waals surface area contributed by atoms with Crippen LogP contribution in [0.5, 0.6) is 11.5 Å². The predicted octanol–water partition coefficient (Wildman–Crippen LogP) is 5.37. The van der Waals surface area contributed by atoms with Crippen molar-refractivity contribution in [1.82, 2.24) is 9.97 Å². The SMILES string of the molecule is C=CC(=O)Nc1cccc(C)c1Nc1cc2cc(NC)c(C(=O)c3c(F)c(OC)cc(OC)c3F)nc2cn1. The van der Waals surface area contributed by atoms with Gasteiger partial charge in [0, 0.05) is 18.5 Å². The second-order valence-corrected chi connectivity index (χ2v) is 8.33. The van der Waals surface area contributed by atoms with Crippen molar-refractivity contribution < 1.29 is 27.8 Å². The Balaban J connectivity index is 1.77. The van der Waals surface area contributed by atoms with Gasteiger partial charge in [-0.2, -0.15) is 0 Å². The highest BCUT2D eigenvalue weighted by atomic mass is 19.1. The molecule has 9 nitrogen and oxygen atoms in total. The van der Waals surface area contributed by atoms with Gasteiger partial charge in [0.05, 0.1) is 43.0 Å². The number of carbonyl (C=O) groups is 2. The maximum absolute atomic E-state index is 15.0. The lowest BCUT2D eigenvalue weighted by molar-refractivity contribution is -0.111. The fourth-order valence-electron chi connectivity index (χ4n) is 3.96. The smallest absolute Gasteiger partial charge is 0.247 e. The Hall–Kier alpha value is -5.06. The number of halogens is 2. The largest absolute Gasteiger partial charge is 0.494 e. The van der Waals surface area contributed by atoms with Gasteiger partial charge in [0.15, 0.2) is 23.1 Å². The van der Waals surface area contributed by atoms with E-state index in [1.165, 1.54) is 26.5 Å². The normalized spacial score (nSPS) is 10.6. The van der Waals surface area contributed by atoms with Gasteiger partial charge in [0.2, 0.25) is 11.7 Å². The molecular formula is C28H25F2N5O4. The van der Waals surface area contributed by atoms with Crippen LogP contribution in [0, 0.1) is 18.6 Å². The Bertz CT molecular complexity index is 1600. The van der Waals surface area contributed by atoms with Crippen LogP contribution in [-0.4, -0.2) is 42.9 Å². The first-order valence-corrected chi connectivity index (χ1v) is 11.7. The second kappa shape index (κ2) is 11.1. The van der Waals surface area contributed by atoms with Crippen molar-refractivity contribution in [2.75, 3.05) is 37.2 Å². The Kier molecular flexibility index (Phi) is 7.70. The molecule has 3 N–H and O–H groups in total. The van der Waals surface area contributed by atoms with E-state index in [4.69, 9.17) is 9.47 Å². The minimum Gasteiger partial charge on any atom is -0.494 e. The van der Waals surface area contributed by atoms with Crippen LogP contribution in [0.1, 0.15) is 21.6 Å². The van der Waals surface area contributed by atoms with Crippen LogP contribution < -0.4 is 25.4 Å². The topological polar surface area (TPSA) is 114 Å². The number of ether oxygens (including phenoxy) is 2. The van der Waals surface area contributed by atoms with Gasteiger partial charge in [-0.1, -0.05) is 18.7 Å². The number of benzene rings is 2. The number of anilines is 4. The van der Waals surface area contributed by atoms with Gasteiger partial charge in [-0.3, -0.25) is 9.59 Å². The predicted molar refractivity (Wildman–Crippen MR) is 145 cm³/mol. The molecule has 2 heterocycles. The van der Waals surface area contributed by atoms with Crippen molar-refractivity contribution in [2.45, 2.75) is 6.92 Å². The molecule has 200 valence electrons. The molecule has 0 radical (unpaired) electrons. The maximum Gasteiger partial charge on any atom is 0.247 e. The number of carbonyl (C=O) groups excluding carboxylic acids is 2. The molecule has 4 aromatic rings. The Morgan fingerprint density at radius 1 is 1.03 bits per heavy atom. The van der Waals surface area contributed by atoms with Gasteiger partial charge in [-0.05, 0) is 36.8 Å². The molecule has 39 heavy (non-hydrogen) atoms. The van der Waals surface area contributed by atoms with Crippen LogP contribution in [0.2, 0.25) is 0 Å². The van der Waals surface area contributed by atoms with E-state index in [1.807, 2.05) is 13.0 Å².